The molecule has 118 valence electrons. The molecule has 0 aliphatic carbocycles. The van der Waals surface area contributed by atoms with E-state index >= 15 is 0 Å². The summed E-state index contributed by atoms with van der Waals surface area (Å²) in [6.45, 7) is 10.7. The third kappa shape index (κ3) is 3.59. The lowest BCUT2D eigenvalue weighted by Gasteiger charge is -2.17. The Balaban J connectivity index is 2.10. The Kier molecular flexibility index (Phi) is 4.74. The molecular formula is C19H26N2O. The molecule has 0 saturated carbocycles. The van der Waals surface area contributed by atoms with Crippen molar-refractivity contribution in [2.75, 3.05) is 6.54 Å². The minimum Gasteiger partial charge on any atom is -0.355 e. The number of amides is 1. The Morgan fingerprint density at radius 3 is 2.36 bits per heavy atom. The number of hydrogen-bond acceptors (Lipinski definition) is 1. The summed E-state index contributed by atoms with van der Waals surface area (Å²) < 4.78 is 2.26. The van der Waals surface area contributed by atoms with Crippen LogP contribution >= 0.6 is 0 Å². The van der Waals surface area contributed by atoms with Crippen LogP contribution in [-0.2, 0) is 11.2 Å². The third-order valence-corrected chi connectivity index (χ3v) is 3.91. The van der Waals surface area contributed by atoms with Crippen molar-refractivity contribution in [3.63, 3.8) is 0 Å². The largest absolute Gasteiger partial charge is 0.355 e. The fraction of sp³-hybridized carbons (Fsp3) is 0.421. The van der Waals surface area contributed by atoms with Crippen LogP contribution in [0.1, 0.15) is 37.7 Å². The van der Waals surface area contributed by atoms with Gasteiger partial charge in [0.05, 0.1) is 0 Å². The van der Waals surface area contributed by atoms with Gasteiger partial charge in [-0.25, -0.2) is 0 Å². The highest BCUT2D eigenvalue weighted by molar-refractivity contribution is 5.81. The highest BCUT2D eigenvalue weighted by atomic mass is 16.2. The fourth-order valence-corrected chi connectivity index (χ4v) is 2.63. The van der Waals surface area contributed by atoms with E-state index in [0.717, 1.165) is 6.42 Å². The van der Waals surface area contributed by atoms with Gasteiger partial charge in [-0.15, -0.1) is 0 Å². The zero-order valence-corrected chi connectivity index (χ0v) is 14.2. The Morgan fingerprint density at radius 2 is 1.77 bits per heavy atom. The molecule has 3 heteroatoms. The van der Waals surface area contributed by atoms with Crippen molar-refractivity contribution in [3.8, 4) is 5.69 Å². The summed E-state index contributed by atoms with van der Waals surface area (Å²) in [4.78, 5) is 11.9. The van der Waals surface area contributed by atoms with Crippen LogP contribution in [0, 0.1) is 19.3 Å². The van der Waals surface area contributed by atoms with Gasteiger partial charge in [0.2, 0.25) is 5.91 Å². The molecule has 0 spiro atoms. The van der Waals surface area contributed by atoms with Crippen molar-refractivity contribution >= 4 is 5.91 Å². The van der Waals surface area contributed by atoms with Crippen molar-refractivity contribution in [1.82, 2.24) is 9.88 Å². The predicted molar refractivity (Wildman–Crippen MR) is 91.4 cm³/mol. The van der Waals surface area contributed by atoms with Gasteiger partial charge < -0.3 is 9.88 Å². The van der Waals surface area contributed by atoms with Gasteiger partial charge in [-0.05, 0) is 44.0 Å². The summed E-state index contributed by atoms with van der Waals surface area (Å²) in [6, 6.07) is 12.6. The number of rotatable bonds is 4. The standard InChI is InChI=1S/C19H26N2O/c1-14-13-16(11-12-20-18(22)19(3,4)5)15(2)21(14)17-9-7-6-8-10-17/h6-10,13H,11-12H2,1-5H3,(H,20,22). The van der Waals surface area contributed by atoms with Gasteiger partial charge >= 0.3 is 0 Å². The quantitative estimate of drug-likeness (QED) is 0.915. The first-order chi connectivity index (χ1) is 10.3. The molecule has 0 unspecified atom stereocenters. The van der Waals surface area contributed by atoms with E-state index in [1.165, 1.54) is 22.6 Å². The first-order valence-corrected chi connectivity index (χ1v) is 7.82. The van der Waals surface area contributed by atoms with Gasteiger partial charge in [0.1, 0.15) is 0 Å². The van der Waals surface area contributed by atoms with Crippen LogP contribution in [0.25, 0.3) is 5.69 Å². The van der Waals surface area contributed by atoms with Crippen molar-refractivity contribution in [2.24, 2.45) is 5.41 Å². The molecule has 1 aromatic carbocycles. The van der Waals surface area contributed by atoms with Crippen LogP contribution in [0.3, 0.4) is 0 Å². The van der Waals surface area contributed by atoms with Gasteiger partial charge in [-0.1, -0.05) is 39.0 Å². The summed E-state index contributed by atoms with van der Waals surface area (Å²) in [7, 11) is 0. The van der Waals surface area contributed by atoms with Crippen LogP contribution in [0.2, 0.25) is 0 Å². The number of benzene rings is 1. The lowest BCUT2D eigenvalue weighted by molar-refractivity contribution is -0.128. The number of carbonyl (C=O) groups excluding carboxylic acids is 1. The van der Waals surface area contributed by atoms with Gasteiger partial charge in [0, 0.05) is 29.0 Å². The normalized spacial score (nSPS) is 11.5. The van der Waals surface area contributed by atoms with E-state index in [9.17, 15) is 4.79 Å². The molecule has 0 aliphatic heterocycles. The molecule has 1 heterocycles. The molecule has 0 saturated heterocycles. The minimum atomic E-state index is -0.332. The Hall–Kier alpha value is -2.03. The smallest absolute Gasteiger partial charge is 0.225 e. The van der Waals surface area contributed by atoms with E-state index in [1.807, 2.05) is 26.8 Å². The number of aryl methyl sites for hydroxylation is 1. The molecule has 0 radical (unpaired) electrons. The van der Waals surface area contributed by atoms with Crippen molar-refractivity contribution in [3.05, 3.63) is 53.3 Å². The zero-order chi connectivity index (χ0) is 16.3. The maximum atomic E-state index is 11.9. The molecule has 1 aromatic heterocycles. The maximum absolute atomic E-state index is 11.9. The van der Waals surface area contributed by atoms with Crippen LogP contribution in [0.4, 0.5) is 0 Å². The minimum absolute atomic E-state index is 0.101. The fourth-order valence-electron chi connectivity index (χ4n) is 2.63. The first-order valence-electron chi connectivity index (χ1n) is 7.82. The lowest BCUT2D eigenvalue weighted by atomic mass is 9.95. The lowest BCUT2D eigenvalue weighted by Crippen LogP contribution is -2.35. The number of nitrogens with zero attached hydrogens (tertiary/aromatic N) is 1. The van der Waals surface area contributed by atoms with Gasteiger partial charge in [-0.3, -0.25) is 4.79 Å². The average Bonchev–Trinajstić information content (AvgIpc) is 2.73. The Morgan fingerprint density at radius 1 is 1.14 bits per heavy atom. The molecule has 0 aliphatic rings. The van der Waals surface area contributed by atoms with Crippen LogP contribution in [0.15, 0.2) is 36.4 Å². The molecule has 1 amide bonds. The second-order valence-electron chi connectivity index (χ2n) is 6.82. The highest BCUT2D eigenvalue weighted by Crippen LogP contribution is 2.21. The van der Waals surface area contributed by atoms with Crippen molar-refractivity contribution < 1.29 is 4.79 Å². The number of para-hydroxylation sites is 1. The van der Waals surface area contributed by atoms with E-state index in [1.54, 1.807) is 0 Å². The number of nitrogens with one attached hydrogen (secondary N) is 1. The number of aromatic nitrogens is 1. The highest BCUT2D eigenvalue weighted by Gasteiger charge is 2.20. The zero-order valence-electron chi connectivity index (χ0n) is 14.2. The molecule has 2 rings (SSSR count). The summed E-state index contributed by atoms with van der Waals surface area (Å²) >= 11 is 0. The second-order valence-corrected chi connectivity index (χ2v) is 6.82. The monoisotopic (exact) mass is 298 g/mol. The molecule has 22 heavy (non-hydrogen) atoms. The maximum Gasteiger partial charge on any atom is 0.225 e. The molecule has 1 N–H and O–H groups in total. The van der Waals surface area contributed by atoms with Gasteiger partial charge in [0.15, 0.2) is 0 Å². The van der Waals surface area contributed by atoms with Crippen LogP contribution in [-0.4, -0.2) is 17.0 Å². The molecule has 0 atom stereocenters. The topological polar surface area (TPSA) is 34.0 Å². The average molecular weight is 298 g/mol. The summed E-state index contributed by atoms with van der Waals surface area (Å²) in [5.74, 6) is 0.101. The van der Waals surface area contributed by atoms with E-state index in [4.69, 9.17) is 0 Å². The van der Waals surface area contributed by atoms with E-state index in [2.05, 4.69) is 54.1 Å². The SMILES string of the molecule is Cc1cc(CCNC(=O)C(C)(C)C)c(C)n1-c1ccccc1. The van der Waals surface area contributed by atoms with Crippen molar-refractivity contribution in [1.29, 1.82) is 0 Å². The molecule has 2 aromatic rings. The van der Waals surface area contributed by atoms with E-state index in [0.29, 0.717) is 6.54 Å². The summed E-state index contributed by atoms with van der Waals surface area (Å²) in [5.41, 5.74) is 4.61. The van der Waals surface area contributed by atoms with Crippen LogP contribution in [0.5, 0.6) is 0 Å². The number of carbonyl (C=O) groups is 1. The molecule has 3 nitrogen and oxygen atoms in total. The van der Waals surface area contributed by atoms with E-state index < -0.39 is 0 Å². The Labute approximate surface area is 133 Å². The molecular weight excluding hydrogens is 272 g/mol. The van der Waals surface area contributed by atoms with E-state index in [-0.39, 0.29) is 11.3 Å². The Bertz CT molecular complexity index is 648. The van der Waals surface area contributed by atoms with Gasteiger partial charge in [0.25, 0.3) is 0 Å². The second kappa shape index (κ2) is 6.39. The van der Waals surface area contributed by atoms with Crippen LogP contribution < -0.4 is 5.32 Å². The molecule has 0 bridgehead atoms. The first kappa shape index (κ1) is 16.3. The molecule has 0 fully saturated rings. The number of hydrogen-bond donors (Lipinski definition) is 1. The predicted octanol–water partition coefficient (Wildman–Crippen LogP) is 3.80. The van der Waals surface area contributed by atoms with Gasteiger partial charge in [-0.2, -0.15) is 0 Å². The third-order valence-electron chi connectivity index (χ3n) is 3.91. The summed E-state index contributed by atoms with van der Waals surface area (Å²) in [5, 5.41) is 3.02. The van der Waals surface area contributed by atoms with Crippen molar-refractivity contribution in [2.45, 2.75) is 41.0 Å². The summed E-state index contributed by atoms with van der Waals surface area (Å²) in [6.07, 6.45) is 0.855.